The van der Waals surface area contributed by atoms with Gasteiger partial charge in [-0.3, -0.25) is 4.98 Å². The van der Waals surface area contributed by atoms with E-state index in [1.54, 1.807) is 0 Å². The van der Waals surface area contributed by atoms with Crippen LogP contribution in [-0.4, -0.2) is 15.2 Å². The molecular formula is C15H16N4S. The van der Waals surface area contributed by atoms with Crippen molar-refractivity contribution in [1.29, 1.82) is 0 Å². The van der Waals surface area contributed by atoms with Gasteiger partial charge in [-0.25, -0.2) is 0 Å². The Bertz CT molecular complexity index is 777. The van der Waals surface area contributed by atoms with E-state index in [2.05, 4.69) is 42.2 Å². The third-order valence-electron chi connectivity index (χ3n) is 3.29. The molecule has 0 aliphatic rings. The molecule has 0 amide bonds. The number of aromatic nitrogens is 3. The summed E-state index contributed by atoms with van der Waals surface area (Å²) < 4.78 is 0. The average Bonchev–Trinajstić information content (AvgIpc) is 2.83. The molecular weight excluding hydrogens is 268 g/mol. The molecule has 0 fully saturated rings. The first-order valence-electron chi connectivity index (χ1n) is 6.56. The Balaban J connectivity index is 2.35. The Labute approximate surface area is 121 Å². The predicted octanol–water partition coefficient (Wildman–Crippen LogP) is 3.77. The summed E-state index contributed by atoms with van der Waals surface area (Å²) in [6.45, 7) is 6.37. The van der Waals surface area contributed by atoms with Gasteiger partial charge in [-0.1, -0.05) is 43.4 Å². The lowest BCUT2D eigenvalue weighted by Gasteiger charge is -2.12. The van der Waals surface area contributed by atoms with Crippen molar-refractivity contribution in [1.82, 2.24) is 15.2 Å². The fraction of sp³-hybridized carbons (Fsp3) is 0.267. The molecule has 102 valence electrons. The number of hydrogen-bond donors (Lipinski definition) is 1. The molecule has 0 saturated heterocycles. The highest BCUT2D eigenvalue weighted by molar-refractivity contribution is 7.18. The topological polar surface area (TPSA) is 64.7 Å². The number of anilines is 1. The molecule has 0 bridgehead atoms. The van der Waals surface area contributed by atoms with Gasteiger partial charge in [-0.2, -0.15) is 0 Å². The summed E-state index contributed by atoms with van der Waals surface area (Å²) in [7, 11) is 0. The van der Waals surface area contributed by atoms with Gasteiger partial charge in [0, 0.05) is 16.6 Å². The lowest BCUT2D eigenvalue weighted by atomic mass is 9.97. The van der Waals surface area contributed by atoms with Crippen molar-refractivity contribution >= 4 is 27.4 Å². The van der Waals surface area contributed by atoms with Gasteiger partial charge in [-0.15, -0.1) is 10.2 Å². The number of hydrogen-bond acceptors (Lipinski definition) is 5. The first-order valence-corrected chi connectivity index (χ1v) is 7.37. The van der Waals surface area contributed by atoms with E-state index < -0.39 is 0 Å². The van der Waals surface area contributed by atoms with Crippen molar-refractivity contribution in [2.75, 3.05) is 5.73 Å². The van der Waals surface area contributed by atoms with Gasteiger partial charge in [-0.05, 0) is 24.5 Å². The Morgan fingerprint density at radius 3 is 2.65 bits per heavy atom. The van der Waals surface area contributed by atoms with E-state index in [-0.39, 0.29) is 0 Å². The van der Waals surface area contributed by atoms with E-state index in [0.717, 1.165) is 27.2 Å². The smallest absolute Gasteiger partial charge is 0.203 e. The summed E-state index contributed by atoms with van der Waals surface area (Å²) in [5, 5.41) is 10.5. The van der Waals surface area contributed by atoms with Crippen LogP contribution in [0.25, 0.3) is 21.5 Å². The largest absolute Gasteiger partial charge is 0.374 e. The lowest BCUT2D eigenvalue weighted by Crippen LogP contribution is -1.95. The number of benzene rings is 1. The van der Waals surface area contributed by atoms with Gasteiger partial charge in [0.05, 0.1) is 5.52 Å². The lowest BCUT2D eigenvalue weighted by molar-refractivity contribution is 0.872. The van der Waals surface area contributed by atoms with Gasteiger partial charge < -0.3 is 5.73 Å². The Morgan fingerprint density at radius 1 is 1.20 bits per heavy atom. The number of nitrogens with two attached hydrogens (primary N) is 1. The van der Waals surface area contributed by atoms with E-state index >= 15 is 0 Å². The number of nitrogens with zero attached hydrogens (tertiary/aromatic N) is 3. The van der Waals surface area contributed by atoms with Gasteiger partial charge >= 0.3 is 0 Å². The summed E-state index contributed by atoms with van der Waals surface area (Å²) in [5.41, 5.74) is 10.0. The molecule has 2 heterocycles. The van der Waals surface area contributed by atoms with Crippen molar-refractivity contribution in [3.8, 4) is 10.6 Å². The maximum atomic E-state index is 5.71. The SMILES string of the molecule is Cc1cc(-c2nnc(N)s2)c2cccc(C(C)C)c2n1. The van der Waals surface area contributed by atoms with Crippen LogP contribution in [0.5, 0.6) is 0 Å². The highest BCUT2D eigenvalue weighted by Gasteiger charge is 2.14. The van der Waals surface area contributed by atoms with Gasteiger partial charge in [0.25, 0.3) is 0 Å². The number of nitrogen functional groups attached to an aromatic ring is 1. The zero-order chi connectivity index (χ0) is 14.3. The minimum Gasteiger partial charge on any atom is -0.374 e. The maximum absolute atomic E-state index is 5.71. The molecule has 4 nitrogen and oxygen atoms in total. The number of para-hydroxylation sites is 1. The minimum absolute atomic E-state index is 0.431. The van der Waals surface area contributed by atoms with E-state index in [1.807, 2.05) is 13.0 Å². The Morgan fingerprint density at radius 2 is 2.00 bits per heavy atom. The molecule has 0 unspecified atom stereocenters. The zero-order valence-electron chi connectivity index (χ0n) is 11.7. The zero-order valence-corrected chi connectivity index (χ0v) is 12.5. The molecule has 0 aliphatic carbocycles. The number of rotatable bonds is 2. The molecule has 0 atom stereocenters. The summed E-state index contributed by atoms with van der Waals surface area (Å²) in [6, 6.07) is 8.34. The number of pyridine rings is 1. The Kier molecular flexibility index (Phi) is 3.14. The monoisotopic (exact) mass is 284 g/mol. The third-order valence-corrected chi connectivity index (χ3v) is 4.08. The van der Waals surface area contributed by atoms with Gasteiger partial charge in [0.2, 0.25) is 5.13 Å². The second-order valence-electron chi connectivity index (χ2n) is 5.15. The minimum atomic E-state index is 0.431. The molecule has 0 aliphatic heterocycles. The van der Waals surface area contributed by atoms with E-state index in [1.165, 1.54) is 16.9 Å². The number of aryl methyl sites for hydroxylation is 1. The molecule has 3 aromatic rings. The summed E-state index contributed by atoms with van der Waals surface area (Å²) in [4.78, 5) is 4.72. The van der Waals surface area contributed by atoms with Crippen molar-refractivity contribution < 1.29 is 0 Å². The van der Waals surface area contributed by atoms with Gasteiger partial charge in [0.15, 0.2) is 0 Å². The Hall–Kier alpha value is -2.01. The first kappa shape index (κ1) is 13.0. The first-order chi connectivity index (χ1) is 9.56. The van der Waals surface area contributed by atoms with Gasteiger partial charge in [0.1, 0.15) is 5.01 Å². The van der Waals surface area contributed by atoms with E-state index in [4.69, 9.17) is 10.7 Å². The van der Waals surface area contributed by atoms with Crippen molar-refractivity contribution in [2.45, 2.75) is 26.7 Å². The molecule has 2 N–H and O–H groups in total. The molecule has 0 radical (unpaired) electrons. The number of fused-ring (bicyclic) bond motifs is 1. The average molecular weight is 284 g/mol. The van der Waals surface area contributed by atoms with Crippen LogP contribution in [0.1, 0.15) is 31.0 Å². The van der Waals surface area contributed by atoms with Crippen LogP contribution < -0.4 is 5.73 Å². The van der Waals surface area contributed by atoms with Crippen LogP contribution in [0.15, 0.2) is 24.3 Å². The summed E-state index contributed by atoms with van der Waals surface area (Å²) in [6.07, 6.45) is 0. The van der Waals surface area contributed by atoms with Crippen LogP contribution in [-0.2, 0) is 0 Å². The summed E-state index contributed by atoms with van der Waals surface area (Å²) in [5.74, 6) is 0.431. The fourth-order valence-electron chi connectivity index (χ4n) is 2.38. The molecule has 2 aromatic heterocycles. The van der Waals surface area contributed by atoms with Crippen LogP contribution in [0, 0.1) is 6.92 Å². The molecule has 0 saturated carbocycles. The quantitative estimate of drug-likeness (QED) is 0.778. The molecule has 0 spiro atoms. The molecule has 1 aromatic carbocycles. The van der Waals surface area contributed by atoms with Crippen molar-refractivity contribution in [3.05, 3.63) is 35.5 Å². The van der Waals surface area contributed by atoms with Crippen LogP contribution in [0.3, 0.4) is 0 Å². The molecule has 3 rings (SSSR count). The van der Waals surface area contributed by atoms with Crippen LogP contribution >= 0.6 is 11.3 Å². The second-order valence-corrected chi connectivity index (χ2v) is 6.16. The normalized spacial score (nSPS) is 11.4. The van der Waals surface area contributed by atoms with E-state index in [9.17, 15) is 0 Å². The highest BCUT2D eigenvalue weighted by Crippen LogP contribution is 2.34. The van der Waals surface area contributed by atoms with E-state index in [0.29, 0.717) is 11.0 Å². The van der Waals surface area contributed by atoms with Crippen LogP contribution in [0.4, 0.5) is 5.13 Å². The van der Waals surface area contributed by atoms with Crippen molar-refractivity contribution in [3.63, 3.8) is 0 Å². The third kappa shape index (κ3) is 2.14. The predicted molar refractivity (Wildman–Crippen MR) is 83.9 cm³/mol. The van der Waals surface area contributed by atoms with Crippen molar-refractivity contribution in [2.24, 2.45) is 0 Å². The standard InChI is InChI=1S/C15H16N4S/c1-8(2)10-5-4-6-11-12(7-9(3)17-13(10)11)14-18-19-15(16)20-14/h4-8H,1-3H3,(H2,16,19). The van der Waals surface area contributed by atoms with Crippen LogP contribution in [0.2, 0.25) is 0 Å². The second kappa shape index (κ2) is 4.83. The molecule has 5 heteroatoms. The molecule has 20 heavy (non-hydrogen) atoms. The highest BCUT2D eigenvalue weighted by atomic mass is 32.1. The summed E-state index contributed by atoms with van der Waals surface area (Å²) >= 11 is 1.41. The maximum Gasteiger partial charge on any atom is 0.203 e. The fourth-order valence-corrected chi connectivity index (χ4v) is 3.03.